The van der Waals surface area contributed by atoms with Crippen molar-refractivity contribution in [2.45, 2.75) is 39.3 Å². The molecule has 0 amide bonds. The molecular weight excluding hydrogens is 136 g/mol. The average Bonchev–Trinajstić information content (AvgIpc) is 2.52. The van der Waals surface area contributed by atoms with E-state index in [2.05, 4.69) is 24.1 Å². The minimum atomic E-state index is 0.556. The lowest BCUT2D eigenvalue weighted by atomic mass is 10.3. The van der Waals surface area contributed by atoms with E-state index >= 15 is 0 Å². The van der Waals surface area contributed by atoms with E-state index in [0.717, 1.165) is 13.1 Å². The molecule has 1 fully saturated rings. The molecule has 0 aromatic heterocycles. The molecule has 2 heteroatoms. The Bertz CT molecular complexity index is 97.7. The van der Waals surface area contributed by atoms with E-state index in [-0.39, 0.29) is 0 Å². The third-order valence-electron chi connectivity index (χ3n) is 2.30. The van der Waals surface area contributed by atoms with E-state index < -0.39 is 0 Å². The maximum atomic E-state index is 4.55. The van der Waals surface area contributed by atoms with Crippen molar-refractivity contribution in [1.82, 2.24) is 10.2 Å². The van der Waals surface area contributed by atoms with Crippen LogP contribution in [0.25, 0.3) is 0 Å². The van der Waals surface area contributed by atoms with Gasteiger partial charge >= 0.3 is 0 Å². The Morgan fingerprint density at radius 2 is 2.27 bits per heavy atom. The van der Waals surface area contributed by atoms with Crippen LogP contribution < -0.4 is 5.32 Å². The molecule has 1 saturated heterocycles. The lowest BCUT2D eigenvalue weighted by Gasteiger charge is -2.25. The van der Waals surface area contributed by atoms with Crippen molar-refractivity contribution < 1.29 is 0 Å². The third kappa shape index (κ3) is 2.46. The first kappa shape index (κ1) is 9.01. The molecule has 1 aliphatic rings. The van der Waals surface area contributed by atoms with Crippen molar-refractivity contribution in [2.75, 3.05) is 19.6 Å². The highest BCUT2D eigenvalue weighted by Crippen LogP contribution is 2.11. The highest BCUT2D eigenvalue weighted by molar-refractivity contribution is 4.74. The maximum Gasteiger partial charge on any atom is 0.0761 e. The predicted octanol–water partition coefficient (Wildman–Crippen LogP) is 1.44. The summed E-state index contributed by atoms with van der Waals surface area (Å²) in [6.07, 6.45) is 4.39. The van der Waals surface area contributed by atoms with Crippen molar-refractivity contribution in [2.24, 2.45) is 0 Å². The van der Waals surface area contributed by atoms with Crippen LogP contribution in [0.4, 0.5) is 0 Å². The molecule has 0 aromatic rings. The Balaban J connectivity index is 2.27. The molecule has 1 heterocycles. The van der Waals surface area contributed by atoms with E-state index in [1.807, 2.05) is 0 Å². The van der Waals surface area contributed by atoms with Gasteiger partial charge in [-0.3, -0.25) is 4.90 Å². The summed E-state index contributed by atoms with van der Waals surface area (Å²) in [6, 6.07) is 0. The van der Waals surface area contributed by atoms with E-state index in [0.29, 0.717) is 6.17 Å². The smallest absolute Gasteiger partial charge is 0.0761 e. The first-order chi connectivity index (χ1) is 5.38. The van der Waals surface area contributed by atoms with Crippen LogP contribution in [0.3, 0.4) is 0 Å². The summed E-state index contributed by atoms with van der Waals surface area (Å²) < 4.78 is 0. The van der Waals surface area contributed by atoms with E-state index in [4.69, 9.17) is 0 Å². The predicted molar refractivity (Wildman–Crippen MR) is 47.6 cm³/mol. The molecule has 0 aromatic carbocycles. The summed E-state index contributed by atoms with van der Waals surface area (Å²) in [5.41, 5.74) is 0. The van der Waals surface area contributed by atoms with Crippen LogP contribution in [0, 0.1) is 0 Å². The zero-order valence-corrected chi connectivity index (χ0v) is 7.71. The molecule has 1 aliphatic heterocycles. The topological polar surface area (TPSA) is 17.3 Å². The molecule has 1 rings (SSSR count). The fourth-order valence-electron chi connectivity index (χ4n) is 1.71. The van der Waals surface area contributed by atoms with Crippen molar-refractivity contribution in [1.29, 1.82) is 0 Å². The Labute approximate surface area is 70.0 Å². The highest BCUT2D eigenvalue weighted by Gasteiger charge is 2.20. The van der Waals surface area contributed by atoms with Crippen LogP contribution in [-0.2, 0) is 0 Å². The fourth-order valence-corrected chi connectivity index (χ4v) is 1.71. The van der Waals surface area contributed by atoms with Gasteiger partial charge in [0.25, 0.3) is 0 Å². The van der Waals surface area contributed by atoms with Crippen LogP contribution in [0.2, 0.25) is 0 Å². The maximum absolute atomic E-state index is 4.55. The summed E-state index contributed by atoms with van der Waals surface area (Å²) in [4.78, 5) is 2.48. The highest BCUT2D eigenvalue weighted by atomic mass is 15.3. The summed E-state index contributed by atoms with van der Waals surface area (Å²) >= 11 is 0. The van der Waals surface area contributed by atoms with Crippen LogP contribution >= 0.6 is 0 Å². The normalized spacial score (nSPS) is 24.8. The van der Waals surface area contributed by atoms with Gasteiger partial charge in [0.05, 0.1) is 6.17 Å². The Morgan fingerprint density at radius 1 is 1.45 bits per heavy atom. The third-order valence-corrected chi connectivity index (χ3v) is 2.30. The molecule has 0 bridgehead atoms. The van der Waals surface area contributed by atoms with Gasteiger partial charge in [0.2, 0.25) is 0 Å². The molecule has 1 radical (unpaired) electrons. The Morgan fingerprint density at radius 3 is 2.73 bits per heavy atom. The Kier molecular flexibility index (Phi) is 3.87. The van der Waals surface area contributed by atoms with Gasteiger partial charge in [0.1, 0.15) is 0 Å². The molecule has 0 saturated carbocycles. The van der Waals surface area contributed by atoms with Crippen LogP contribution in [0.15, 0.2) is 0 Å². The average molecular weight is 155 g/mol. The van der Waals surface area contributed by atoms with Gasteiger partial charge in [0.15, 0.2) is 0 Å². The molecule has 11 heavy (non-hydrogen) atoms. The standard InChI is InChI=1S/C9H19N2/c1-3-8-11(4-2)9-6-5-7-10-9/h9H,3-8H2,1-2H3. The molecule has 0 N–H and O–H groups in total. The summed E-state index contributed by atoms with van der Waals surface area (Å²) in [6.45, 7) is 7.92. The second kappa shape index (κ2) is 4.73. The van der Waals surface area contributed by atoms with Crippen LogP contribution in [-0.4, -0.2) is 30.7 Å². The zero-order valence-electron chi connectivity index (χ0n) is 7.71. The largest absolute Gasteiger partial charge is 0.287 e. The SMILES string of the molecule is CCCN(CC)C1CCC[N]1. The van der Waals surface area contributed by atoms with Crippen molar-refractivity contribution in [3.8, 4) is 0 Å². The number of hydrogen-bond acceptors (Lipinski definition) is 1. The van der Waals surface area contributed by atoms with Crippen LogP contribution in [0.1, 0.15) is 33.1 Å². The van der Waals surface area contributed by atoms with Gasteiger partial charge in [-0.15, -0.1) is 0 Å². The van der Waals surface area contributed by atoms with Gasteiger partial charge in [0, 0.05) is 6.54 Å². The fraction of sp³-hybridized carbons (Fsp3) is 1.00. The summed E-state index contributed by atoms with van der Waals surface area (Å²) in [5.74, 6) is 0. The summed E-state index contributed by atoms with van der Waals surface area (Å²) in [7, 11) is 0. The molecule has 1 unspecified atom stereocenters. The minimum absolute atomic E-state index is 0.556. The molecule has 2 nitrogen and oxygen atoms in total. The zero-order chi connectivity index (χ0) is 8.10. The van der Waals surface area contributed by atoms with Gasteiger partial charge in [-0.2, -0.15) is 0 Å². The lowest BCUT2D eigenvalue weighted by molar-refractivity contribution is 0.188. The summed E-state index contributed by atoms with van der Waals surface area (Å²) in [5, 5.41) is 4.55. The van der Waals surface area contributed by atoms with E-state index in [1.165, 1.54) is 25.8 Å². The van der Waals surface area contributed by atoms with E-state index in [9.17, 15) is 0 Å². The Hall–Kier alpha value is -0.0800. The number of rotatable bonds is 4. The molecule has 0 aliphatic carbocycles. The van der Waals surface area contributed by atoms with Gasteiger partial charge < -0.3 is 0 Å². The van der Waals surface area contributed by atoms with E-state index in [1.54, 1.807) is 0 Å². The second-order valence-corrected chi connectivity index (χ2v) is 3.16. The molecule has 1 atom stereocenters. The minimum Gasteiger partial charge on any atom is -0.287 e. The van der Waals surface area contributed by atoms with Crippen LogP contribution in [0.5, 0.6) is 0 Å². The second-order valence-electron chi connectivity index (χ2n) is 3.16. The molecule has 0 spiro atoms. The van der Waals surface area contributed by atoms with Crippen molar-refractivity contribution in [3.63, 3.8) is 0 Å². The van der Waals surface area contributed by atoms with Gasteiger partial charge in [-0.1, -0.05) is 13.8 Å². The molecule has 65 valence electrons. The number of hydrogen-bond donors (Lipinski definition) is 0. The number of nitrogens with zero attached hydrogens (tertiary/aromatic N) is 2. The van der Waals surface area contributed by atoms with Crippen molar-refractivity contribution in [3.05, 3.63) is 0 Å². The monoisotopic (exact) mass is 155 g/mol. The lowest BCUT2D eigenvalue weighted by Crippen LogP contribution is -2.38. The quantitative estimate of drug-likeness (QED) is 0.600. The van der Waals surface area contributed by atoms with Gasteiger partial charge in [-0.25, -0.2) is 5.32 Å². The van der Waals surface area contributed by atoms with Gasteiger partial charge in [-0.05, 0) is 32.4 Å². The first-order valence-corrected chi connectivity index (χ1v) is 4.79. The first-order valence-electron chi connectivity index (χ1n) is 4.79. The molecular formula is C9H19N2. The van der Waals surface area contributed by atoms with Crippen molar-refractivity contribution >= 4 is 0 Å².